The average Bonchev–Trinajstić information content (AvgIpc) is 3.32. The summed E-state index contributed by atoms with van der Waals surface area (Å²) in [6.07, 6.45) is 0.934. The van der Waals surface area contributed by atoms with Crippen LogP contribution in [0.1, 0.15) is 29.8 Å². The lowest BCUT2D eigenvalue weighted by Gasteiger charge is -2.12. The van der Waals surface area contributed by atoms with E-state index in [0.29, 0.717) is 16.3 Å². The van der Waals surface area contributed by atoms with E-state index in [2.05, 4.69) is 12.2 Å². The number of carbonyl (C=O) groups excluding carboxylic acids is 2. The van der Waals surface area contributed by atoms with Crippen molar-refractivity contribution < 1.29 is 19.1 Å². The fraction of sp³-hybridized carbons (Fsp3) is 0.172. The van der Waals surface area contributed by atoms with Gasteiger partial charge in [-0.1, -0.05) is 79.7 Å². The van der Waals surface area contributed by atoms with Gasteiger partial charge >= 0.3 is 5.97 Å². The number of amides is 1. The Bertz CT molecular complexity index is 1300. The number of esters is 1. The van der Waals surface area contributed by atoms with Crippen LogP contribution in [-0.2, 0) is 16.0 Å². The molecule has 0 aliphatic rings. The van der Waals surface area contributed by atoms with Crippen molar-refractivity contribution in [2.75, 3.05) is 18.5 Å². The molecule has 0 aliphatic heterocycles. The minimum absolute atomic E-state index is 0.190. The van der Waals surface area contributed by atoms with E-state index in [1.165, 1.54) is 16.9 Å². The molecule has 1 N–H and O–H groups in total. The lowest BCUT2D eigenvalue weighted by atomic mass is 10.0. The minimum atomic E-state index is -0.464. The fourth-order valence-electron chi connectivity index (χ4n) is 3.74. The summed E-state index contributed by atoms with van der Waals surface area (Å²) in [7, 11) is 0. The Morgan fingerprint density at radius 2 is 1.51 bits per heavy atom. The van der Waals surface area contributed by atoms with Crippen LogP contribution in [0.3, 0.4) is 0 Å². The minimum Gasteiger partial charge on any atom is -0.483 e. The molecule has 0 saturated heterocycles. The molecule has 0 bridgehead atoms. The van der Waals surface area contributed by atoms with Crippen molar-refractivity contribution in [3.05, 3.63) is 95.4 Å². The molecule has 0 aliphatic carbocycles. The highest BCUT2D eigenvalue weighted by Gasteiger charge is 2.23. The maximum Gasteiger partial charge on any atom is 0.341 e. The Morgan fingerprint density at radius 1 is 0.829 bits per heavy atom. The molecule has 1 amide bonds. The second-order valence-corrected chi connectivity index (χ2v) is 8.70. The van der Waals surface area contributed by atoms with E-state index in [1.54, 1.807) is 6.92 Å². The quantitative estimate of drug-likeness (QED) is 0.264. The van der Waals surface area contributed by atoms with E-state index in [1.807, 2.05) is 84.2 Å². The molecule has 0 atom stereocenters. The van der Waals surface area contributed by atoms with Crippen LogP contribution in [0, 0.1) is 0 Å². The number of aryl methyl sites for hydroxylation is 1. The van der Waals surface area contributed by atoms with Gasteiger partial charge in [-0.15, -0.1) is 11.3 Å². The predicted octanol–water partition coefficient (Wildman–Crippen LogP) is 6.84. The monoisotopic (exact) mass is 485 g/mol. The number of nitrogens with one attached hydrogen (secondary N) is 1. The zero-order chi connectivity index (χ0) is 24.6. The molecule has 4 rings (SSSR count). The predicted molar refractivity (Wildman–Crippen MR) is 141 cm³/mol. The molecule has 6 heteroatoms. The van der Waals surface area contributed by atoms with Gasteiger partial charge in [-0.2, -0.15) is 0 Å². The maximum absolute atomic E-state index is 12.8. The molecule has 35 heavy (non-hydrogen) atoms. The number of hydrogen-bond acceptors (Lipinski definition) is 5. The Morgan fingerprint density at radius 3 is 2.23 bits per heavy atom. The first-order valence-corrected chi connectivity index (χ1v) is 12.4. The number of benzene rings is 3. The van der Waals surface area contributed by atoms with Gasteiger partial charge in [0.25, 0.3) is 5.91 Å². The van der Waals surface area contributed by atoms with Gasteiger partial charge in [0.15, 0.2) is 6.61 Å². The van der Waals surface area contributed by atoms with Crippen molar-refractivity contribution in [1.82, 2.24) is 0 Å². The molecule has 178 valence electrons. The van der Waals surface area contributed by atoms with Crippen LogP contribution in [0.25, 0.3) is 22.3 Å². The number of thiophene rings is 1. The second kappa shape index (κ2) is 11.5. The van der Waals surface area contributed by atoms with Gasteiger partial charge in [0, 0.05) is 16.5 Å². The van der Waals surface area contributed by atoms with Crippen molar-refractivity contribution in [1.29, 1.82) is 0 Å². The SMILES string of the molecule is CCOC(=O)c1c(-c2ccc(CC)cc2)csc1NC(=O)COc1ccccc1-c1ccccc1. The maximum atomic E-state index is 12.8. The molecule has 0 unspecified atom stereocenters. The lowest BCUT2D eigenvalue weighted by Crippen LogP contribution is -2.21. The highest BCUT2D eigenvalue weighted by atomic mass is 32.1. The summed E-state index contributed by atoms with van der Waals surface area (Å²) in [5, 5.41) is 5.16. The van der Waals surface area contributed by atoms with Crippen LogP contribution < -0.4 is 10.1 Å². The van der Waals surface area contributed by atoms with E-state index in [0.717, 1.165) is 28.7 Å². The summed E-state index contributed by atoms with van der Waals surface area (Å²) in [4.78, 5) is 25.6. The summed E-state index contributed by atoms with van der Waals surface area (Å²) in [6.45, 7) is 3.91. The van der Waals surface area contributed by atoms with Crippen molar-refractivity contribution in [2.24, 2.45) is 0 Å². The molecule has 1 heterocycles. The highest BCUT2D eigenvalue weighted by Crippen LogP contribution is 2.36. The molecule has 5 nitrogen and oxygen atoms in total. The molecule has 4 aromatic rings. The average molecular weight is 486 g/mol. The van der Waals surface area contributed by atoms with Gasteiger partial charge in [0.05, 0.1) is 6.61 Å². The first kappa shape index (κ1) is 24.2. The van der Waals surface area contributed by atoms with E-state index in [9.17, 15) is 9.59 Å². The first-order chi connectivity index (χ1) is 17.1. The second-order valence-electron chi connectivity index (χ2n) is 7.82. The van der Waals surface area contributed by atoms with Crippen molar-refractivity contribution in [3.8, 4) is 28.0 Å². The van der Waals surface area contributed by atoms with E-state index < -0.39 is 5.97 Å². The third-order valence-electron chi connectivity index (χ3n) is 5.53. The van der Waals surface area contributed by atoms with Gasteiger partial charge in [0.2, 0.25) is 0 Å². The number of rotatable bonds is 9. The Balaban J connectivity index is 1.53. The fourth-order valence-corrected chi connectivity index (χ4v) is 4.72. The summed E-state index contributed by atoms with van der Waals surface area (Å²) >= 11 is 1.30. The summed E-state index contributed by atoms with van der Waals surface area (Å²) < 4.78 is 11.2. The van der Waals surface area contributed by atoms with Crippen LogP contribution in [-0.4, -0.2) is 25.1 Å². The summed E-state index contributed by atoms with van der Waals surface area (Å²) in [6, 6.07) is 25.5. The van der Waals surface area contributed by atoms with Crippen molar-refractivity contribution in [3.63, 3.8) is 0 Å². The Hall–Kier alpha value is -3.90. The number of carbonyl (C=O) groups is 2. The number of ether oxygens (including phenoxy) is 2. The molecule has 3 aromatic carbocycles. The lowest BCUT2D eigenvalue weighted by molar-refractivity contribution is -0.118. The zero-order valence-electron chi connectivity index (χ0n) is 19.7. The number of para-hydroxylation sites is 1. The van der Waals surface area contributed by atoms with E-state index in [4.69, 9.17) is 9.47 Å². The number of hydrogen-bond donors (Lipinski definition) is 1. The summed E-state index contributed by atoms with van der Waals surface area (Å²) in [5.41, 5.74) is 5.12. The van der Waals surface area contributed by atoms with E-state index in [-0.39, 0.29) is 19.1 Å². The number of anilines is 1. The van der Waals surface area contributed by atoms with Crippen LogP contribution in [0.5, 0.6) is 5.75 Å². The van der Waals surface area contributed by atoms with Gasteiger partial charge in [0.1, 0.15) is 16.3 Å². The van der Waals surface area contributed by atoms with Gasteiger partial charge in [-0.05, 0) is 36.1 Å². The molecule has 0 radical (unpaired) electrons. The van der Waals surface area contributed by atoms with Crippen LogP contribution in [0.2, 0.25) is 0 Å². The third kappa shape index (κ3) is 5.78. The molecular weight excluding hydrogens is 458 g/mol. The largest absolute Gasteiger partial charge is 0.483 e. The Kier molecular flexibility index (Phi) is 7.95. The Labute approximate surface area is 209 Å². The molecule has 0 saturated carbocycles. The van der Waals surface area contributed by atoms with E-state index >= 15 is 0 Å². The smallest absolute Gasteiger partial charge is 0.341 e. The van der Waals surface area contributed by atoms with Crippen LogP contribution in [0.4, 0.5) is 5.00 Å². The molecule has 0 fully saturated rings. The van der Waals surface area contributed by atoms with Crippen LogP contribution >= 0.6 is 11.3 Å². The van der Waals surface area contributed by atoms with Gasteiger partial charge in [-0.25, -0.2) is 4.79 Å². The van der Waals surface area contributed by atoms with Gasteiger partial charge in [-0.3, -0.25) is 4.79 Å². The first-order valence-electron chi connectivity index (χ1n) is 11.6. The van der Waals surface area contributed by atoms with Crippen molar-refractivity contribution in [2.45, 2.75) is 20.3 Å². The van der Waals surface area contributed by atoms with Gasteiger partial charge < -0.3 is 14.8 Å². The molecular formula is C29H27NO4S. The van der Waals surface area contributed by atoms with Crippen LogP contribution in [0.15, 0.2) is 84.2 Å². The normalized spacial score (nSPS) is 10.6. The molecule has 1 aromatic heterocycles. The topological polar surface area (TPSA) is 64.6 Å². The van der Waals surface area contributed by atoms with Crippen molar-refractivity contribution >= 4 is 28.2 Å². The third-order valence-corrected chi connectivity index (χ3v) is 6.42. The molecule has 0 spiro atoms. The summed E-state index contributed by atoms with van der Waals surface area (Å²) in [5.74, 6) is -0.204. The standard InChI is InChI=1S/C29H27NO4S/c1-3-20-14-16-22(17-15-20)24-19-35-28(27(24)29(32)33-4-2)30-26(31)18-34-25-13-9-8-12-23(25)21-10-6-5-7-11-21/h5-17,19H,3-4,18H2,1-2H3,(H,30,31). The zero-order valence-corrected chi connectivity index (χ0v) is 20.6. The highest BCUT2D eigenvalue weighted by molar-refractivity contribution is 7.15.